The van der Waals surface area contributed by atoms with Gasteiger partial charge in [0.2, 0.25) is 10.0 Å². The van der Waals surface area contributed by atoms with Crippen molar-refractivity contribution in [2.75, 3.05) is 7.05 Å². The third kappa shape index (κ3) is 4.86. The molecule has 162 valence electrons. The van der Waals surface area contributed by atoms with E-state index in [2.05, 4.69) is 0 Å². The number of rotatable bonds is 4. The van der Waals surface area contributed by atoms with Crippen LogP contribution >= 0.6 is 0 Å². The van der Waals surface area contributed by atoms with Crippen molar-refractivity contribution in [2.45, 2.75) is 62.6 Å². The molecule has 29 heavy (non-hydrogen) atoms. The second-order valence-electron chi connectivity index (χ2n) is 8.22. The Morgan fingerprint density at radius 1 is 1.07 bits per heavy atom. The minimum atomic E-state index is -4.31. The van der Waals surface area contributed by atoms with E-state index in [1.807, 2.05) is 0 Å². The molecule has 0 saturated heterocycles. The highest BCUT2D eigenvalue weighted by molar-refractivity contribution is 7.89. The Morgan fingerprint density at radius 3 is 2.24 bits per heavy atom. The first-order valence-corrected chi connectivity index (χ1v) is 11.5. The molecule has 0 aromatic rings. The Kier molecular flexibility index (Phi) is 6.46. The number of hydrogen-bond acceptors (Lipinski definition) is 3. The zero-order valence-electron chi connectivity index (χ0n) is 16.6. The van der Waals surface area contributed by atoms with Gasteiger partial charge in [0.15, 0.2) is 0 Å². The van der Waals surface area contributed by atoms with E-state index in [-0.39, 0.29) is 18.6 Å². The van der Waals surface area contributed by atoms with E-state index in [0.29, 0.717) is 36.8 Å². The molecule has 3 aliphatic rings. The van der Waals surface area contributed by atoms with Gasteiger partial charge in [-0.15, -0.1) is 0 Å². The van der Waals surface area contributed by atoms with Gasteiger partial charge in [0, 0.05) is 13.1 Å². The van der Waals surface area contributed by atoms with Gasteiger partial charge in [0.1, 0.15) is 0 Å². The van der Waals surface area contributed by atoms with Crippen LogP contribution in [0.2, 0.25) is 0 Å². The molecule has 3 unspecified atom stereocenters. The van der Waals surface area contributed by atoms with Crippen LogP contribution in [0.15, 0.2) is 47.6 Å². The van der Waals surface area contributed by atoms with E-state index in [1.165, 1.54) is 17.3 Å². The molecule has 0 aromatic carbocycles. The zero-order chi connectivity index (χ0) is 21.4. The van der Waals surface area contributed by atoms with E-state index < -0.39 is 33.3 Å². The maximum atomic E-state index is 13.2. The number of nitrogens with zero attached hydrogens (tertiary/aromatic N) is 1. The summed E-state index contributed by atoms with van der Waals surface area (Å²) >= 11 is 0. The summed E-state index contributed by atoms with van der Waals surface area (Å²) in [7, 11) is -2.00. The molecule has 8 heteroatoms. The van der Waals surface area contributed by atoms with Crippen molar-refractivity contribution in [1.82, 2.24) is 4.31 Å². The summed E-state index contributed by atoms with van der Waals surface area (Å²) in [5, 5.41) is 8.90. The average molecular weight is 432 g/mol. The summed E-state index contributed by atoms with van der Waals surface area (Å²) in [4.78, 5) is 0. The third-order valence-electron chi connectivity index (χ3n) is 6.24. The molecule has 1 saturated carbocycles. The van der Waals surface area contributed by atoms with Gasteiger partial charge in [0.25, 0.3) is 0 Å². The van der Waals surface area contributed by atoms with Crippen molar-refractivity contribution in [3.63, 3.8) is 0 Å². The van der Waals surface area contributed by atoms with Crippen LogP contribution in [0.25, 0.3) is 0 Å². The zero-order valence-corrected chi connectivity index (χ0v) is 17.5. The van der Waals surface area contributed by atoms with Crippen LogP contribution in [0.4, 0.5) is 13.2 Å². The topological polar surface area (TPSA) is 57.6 Å². The number of aliphatic hydroxyl groups is 1. The van der Waals surface area contributed by atoms with Crippen LogP contribution in [0.5, 0.6) is 0 Å². The minimum absolute atomic E-state index is 0.125. The summed E-state index contributed by atoms with van der Waals surface area (Å²) in [6.07, 6.45) is 7.36. The average Bonchev–Trinajstić information content (AvgIpc) is 2.67. The molecule has 3 aliphatic carbocycles. The molecule has 0 aromatic heterocycles. The molecule has 1 fully saturated rings. The number of allylic oxidation sites excluding steroid dienone is 7. The van der Waals surface area contributed by atoms with Crippen molar-refractivity contribution in [1.29, 1.82) is 0 Å². The van der Waals surface area contributed by atoms with Gasteiger partial charge >= 0.3 is 6.18 Å². The normalized spacial score (nSPS) is 33.6. The molecular weight excluding hydrogens is 403 g/mol. The van der Waals surface area contributed by atoms with E-state index in [0.717, 1.165) is 0 Å². The van der Waals surface area contributed by atoms with Crippen molar-refractivity contribution in [3.05, 3.63) is 47.6 Å². The highest BCUT2D eigenvalue weighted by atomic mass is 32.2. The van der Waals surface area contributed by atoms with Gasteiger partial charge in [-0.1, -0.05) is 43.4 Å². The van der Waals surface area contributed by atoms with Crippen molar-refractivity contribution >= 4 is 10.0 Å². The number of aliphatic hydroxyl groups excluding tert-OH is 1. The molecule has 0 radical (unpaired) electrons. The lowest BCUT2D eigenvalue weighted by Crippen LogP contribution is -2.44. The van der Waals surface area contributed by atoms with Gasteiger partial charge in [-0.3, -0.25) is 0 Å². The summed E-state index contributed by atoms with van der Waals surface area (Å²) in [5.41, 5.74) is 1.10. The Hall–Kier alpha value is -1.38. The van der Waals surface area contributed by atoms with E-state index in [9.17, 15) is 26.7 Å². The smallest absolute Gasteiger partial charge is 0.393 e. The summed E-state index contributed by atoms with van der Waals surface area (Å²) in [5.74, 6) is -2.16. The fraction of sp³-hybridized carbons (Fsp3) is 0.619. The summed E-state index contributed by atoms with van der Waals surface area (Å²) in [6, 6.07) is -0.125. The minimum Gasteiger partial charge on any atom is -0.393 e. The highest BCUT2D eigenvalue weighted by Gasteiger charge is 2.42. The first-order valence-electron chi connectivity index (χ1n) is 10.0. The summed E-state index contributed by atoms with van der Waals surface area (Å²) < 4.78 is 67.0. The van der Waals surface area contributed by atoms with Crippen LogP contribution in [0.3, 0.4) is 0 Å². The molecular formula is C21H28F3NO3S. The van der Waals surface area contributed by atoms with Gasteiger partial charge < -0.3 is 5.11 Å². The number of hydrogen-bond donors (Lipinski definition) is 1. The Labute approximate surface area is 170 Å². The molecule has 3 rings (SSSR count). The number of alkyl halides is 3. The predicted octanol–water partition coefficient (Wildman–Crippen LogP) is 4.12. The second-order valence-corrected chi connectivity index (χ2v) is 10.4. The molecule has 0 heterocycles. The van der Waals surface area contributed by atoms with Crippen molar-refractivity contribution < 1.29 is 26.7 Å². The van der Waals surface area contributed by atoms with Crippen LogP contribution in [-0.2, 0) is 10.0 Å². The largest absolute Gasteiger partial charge is 0.395 e. The number of halogens is 3. The molecule has 0 spiro atoms. The lowest BCUT2D eigenvalue weighted by Gasteiger charge is -2.34. The monoisotopic (exact) mass is 431 g/mol. The van der Waals surface area contributed by atoms with Crippen LogP contribution < -0.4 is 0 Å². The van der Waals surface area contributed by atoms with Gasteiger partial charge in [-0.25, -0.2) is 12.7 Å². The predicted molar refractivity (Wildman–Crippen MR) is 107 cm³/mol. The molecule has 0 bridgehead atoms. The third-order valence-corrected chi connectivity index (χ3v) is 8.46. The van der Waals surface area contributed by atoms with Crippen molar-refractivity contribution in [2.24, 2.45) is 11.8 Å². The standard InChI is InChI=1S/C21H28F3NO3S/c1-14-3-4-16(13-20(14)21(22,23)24)15-5-11-19(12-6-15)29(27,28)25(2)17-7-9-18(26)10-8-17/h3-6,11,13-14,17-20,26H,7-10,12H2,1-2H3. The fourth-order valence-corrected chi connectivity index (χ4v) is 5.91. The molecule has 4 nitrogen and oxygen atoms in total. The first-order chi connectivity index (χ1) is 13.5. The molecule has 0 amide bonds. The van der Waals surface area contributed by atoms with E-state index >= 15 is 0 Å². The summed E-state index contributed by atoms with van der Waals surface area (Å²) in [6.45, 7) is 1.54. The van der Waals surface area contributed by atoms with E-state index in [4.69, 9.17) is 0 Å². The lowest BCUT2D eigenvalue weighted by molar-refractivity contribution is -0.169. The van der Waals surface area contributed by atoms with E-state index in [1.54, 1.807) is 37.4 Å². The second kappa shape index (κ2) is 8.40. The SMILES string of the molecule is CC1C=CC(C2=CCC(S(=O)(=O)N(C)C3CCC(O)CC3)C=C2)=CC1C(F)(F)F. The van der Waals surface area contributed by atoms with Gasteiger partial charge in [0.05, 0.1) is 17.3 Å². The van der Waals surface area contributed by atoms with Crippen LogP contribution in [0.1, 0.15) is 39.0 Å². The van der Waals surface area contributed by atoms with Crippen molar-refractivity contribution in [3.8, 4) is 0 Å². The fourth-order valence-electron chi connectivity index (χ4n) is 4.24. The molecule has 0 aliphatic heterocycles. The number of sulfonamides is 1. The Bertz CT molecular complexity index is 834. The van der Waals surface area contributed by atoms with Gasteiger partial charge in [-0.05, 0) is 49.2 Å². The van der Waals surface area contributed by atoms with Crippen LogP contribution in [-0.4, -0.2) is 48.4 Å². The highest BCUT2D eigenvalue weighted by Crippen LogP contribution is 2.39. The molecule has 3 atom stereocenters. The lowest BCUT2D eigenvalue weighted by atomic mass is 9.83. The quantitative estimate of drug-likeness (QED) is 0.729. The van der Waals surface area contributed by atoms with Crippen LogP contribution in [0, 0.1) is 11.8 Å². The Morgan fingerprint density at radius 2 is 1.69 bits per heavy atom. The Balaban J connectivity index is 1.70. The molecule has 1 N–H and O–H groups in total. The van der Waals surface area contributed by atoms with Gasteiger partial charge in [-0.2, -0.15) is 13.2 Å². The maximum Gasteiger partial charge on any atom is 0.395 e. The first kappa shape index (κ1) is 22.3. The maximum absolute atomic E-state index is 13.2.